The second-order valence-electron chi connectivity index (χ2n) is 9.65. The molecule has 0 heterocycles. The first-order chi connectivity index (χ1) is 16.1. The highest BCUT2D eigenvalue weighted by Gasteiger charge is 2.20. The van der Waals surface area contributed by atoms with E-state index < -0.39 is 6.10 Å². The van der Waals surface area contributed by atoms with E-state index in [1.165, 1.54) is 75.3 Å². The summed E-state index contributed by atoms with van der Waals surface area (Å²) in [7, 11) is 0. The Hall–Kier alpha value is -2.29. The van der Waals surface area contributed by atoms with Gasteiger partial charge in [0.15, 0.2) is 6.10 Å². The van der Waals surface area contributed by atoms with Crippen LogP contribution in [0.4, 0.5) is 0 Å². The van der Waals surface area contributed by atoms with Gasteiger partial charge in [-0.05, 0) is 67.3 Å². The van der Waals surface area contributed by atoms with Gasteiger partial charge < -0.3 is 9.47 Å². The van der Waals surface area contributed by atoms with Crippen LogP contribution in [0.25, 0.3) is 11.1 Å². The van der Waals surface area contributed by atoms with E-state index in [9.17, 15) is 4.79 Å². The summed E-state index contributed by atoms with van der Waals surface area (Å²) in [5.74, 6) is 2.33. The average molecular weight is 451 g/mol. The van der Waals surface area contributed by atoms with Crippen molar-refractivity contribution >= 4 is 5.97 Å². The molecule has 0 aromatic heterocycles. The number of hydrogen-bond acceptors (Lipinski definition) is 3. The lowest BCUT2D eigenvalue weighted by atomic mass is 9.78. The smallest absolute Gasteiger partial charge is 0.347 e. The quantitative estimate of drug-likeness (QED) is 0.243. The molecule has 0 amide bonds. The Balaban J connectivity index is 1.39. The van der Waals surface area contributed by atoms with E-state index in [2.05, 4.69) is 31.2 Å². The third-order valence-corrected chi connectivity index (χ3v) is 7.06. The number of ether oxygens (including phenoxy) is 2. The molecule has 3 heteroatoms. The molecule has 3 nitrogen and oxygen atoms in total. The van der Waals surface area contributed by atoms with Crippen molar-refractivity contribution in [2.75, 3.05) is 6.61 Å². The number of esters is 1. The van der Waals surface area contributed by atoms with Crippen LogP contribution in [0.1, 0.15) is 84.1 Å². The molecular formula is C30H42O3. The average Bonchev–Trinajstić information content (AvgIpc) is 2.84. The maximum atomic E-state index is 11.7. The summed E-state index contributed by atoms with van der Waals surface area (Å²) in [6, 6.07) is 16.8. The minimum absolute atomic E-state index is 0.337. The van der Waals surface area contributed by atoms with Gasteiger partial charge in [-0.15, -0.1) is 0 Å². The number of carbonyl (C=O) groups excluding carboxylic acids is 1. The number of carbonyl (C=O) groups is 1. The summed E-state index contributed by atoms with van der Waals surface area (Å²) in [6.45, 7) is 6.19. The Morgan fingerprint density at radius 2 is 1.42 bits per heavy atom. The molecule has 0 spiro atoms. The Kier molecular flexibility index (Phi) is 10.3. The molecule has 1 aliphatic carbocycles. The van der Waals surface area contributed by atoms with Crippen LogP contribution >= 0.6 is 0 Å². The third-order valence-electron chi connectivity index (χ3n) is 7.06. The number of aryl methyl sites for hydroxylation is 1. The second-order valence-corrected chi connectivity index (χ2v) is 9.65. The first-order valence-electron chi connectivity index (χ1n) is 13.1. The molecular weight excluding hydrogens is 408 g/mol. The lowest BCUT2D eigenvalue weighted by molar-refractivity contribution is -0.150. The van der Waals surface area contributed by atoms with Crippen LogP contribution in [0.15, 0.2) is 48.5 Å². The first kappa shape index (κ1) is 25.3. The molecule has 1 aliphatic rings. The summed E-state index contributed by atoms with van der Waals surface area (Å²) in [4.78, 5) is 11.7. The number of hydrogen-bond donors (Lipinski definition) is 0. The fraction of sp³-hybridized carbons (Fsp3) is 0.567. The summed E-state index contributed by atoms with van der Waals surface area (Å²) < 4.78 is 10.7. The van der Waals surface area contributed by atoms with Crippen molar-refractivity contribution in [1.82, 2.24) is 0 Å². The molecule has 0 saturated heterocycles. The Morgan fingerprint density at radius 3 is 2.00 bits per heavy atom. The molecule has 33 heavy (non-hydrogen) atoms. The Bertz CT molecular complexity index is 817. The highest BCUT2D eigenvalue weighted by molar-refractivity contribution is 5.74. The third kappa shape index (κ3) is 8.21. The molecule has 1 saturated carbocycles. The van der Waals surface area contributed by atoms with E-state index in [1.807, 2.05) is 24.3 Å². The SMILES string of the molecule is CCCC1CCC(CCCCc2ccc(-c3ccc(O[C@H](C)C(=O)OCC)cc3)cc2)CC1. The summed E-state index contributed by atoms with van der Waals surface area (Å²) in [5.41, 5.74) is 3.78. The van der Waals surface area contributed by atoms with Crippen LogP contribution in [-0.2, 0) is 16.0 Å². The number of rotatable bonds is 12. The minimum atomic E-state index is -0.605. The predicted molar refractivity (Wildman–Crippen MR) is 137 cm³/mol. The topological polar surface area (TPSA) is 35.5 Å². The maximum Gasteiger partial charge on any atom is 0.347 e. The van der Waals surface area contributed by atoms with Gasteiger partial charge in [-0.3, -0.25) is 0 Å². The van der Waals surface area contributed by atoms with Gasteiger partial charge in [-0.25, -0.2) is 4.79 Å². The second kappa shape index (κ2) is 13.4. The van der Waals surface area contributed by atoms with Crippen LogP contribution < -0.4 is 4.74 Å². The van der Waals surface area contributed by atoms with Crippen LogP contribution in [0, 0.1) is 11.8 Å². The van der Waals surface area contributed by atoms with Crippen molar-refractivity contribution in [1.29, 1.82) is 0 Å². The van der Waals surface area contributed by atoms with E-state index in [0.29, 0.717) is 12.4 Å². The van der Waals surface area contributed by atoms with Gasteiger partial charge >= 0.3 is 5.97 Å². The first-order valence-corrected chi connectivity index (χ1v) is 13.1. The van der Waals surface area contributed by atoms with E-state index in [1.54, 1.807) is 13.8 Å². The van der Waals surface area contributed by atoms with Crippen LogP contribution in [0.5, 0.6) is 5.75 Å². The summed E-state index contributed by atoms with van der Waals surface area (Å²) in [5, 5.41) is 0. The molecule has 0 unspecified atom stereocenters. The lowest BCUT2D eigenvalue weighted by Crippen LogP contribution is -2.25. The molecule has 0 N–H and O–H groups in total. The molecule has 0 bridgehead atoms. The van der Waals surface area contributed by atoms with E-state index in [-0.39, 0.29) is 5.97 Å². The fourth-order valence-corrected chi connectivity index (χ4v) is 5.08. The predicted octanol–water partition coefficient (Wildman–Crippen LogP) is 8.00. The molecule has 2 aromatic rings. The zero-order valence-corrected chi connectivity index (χ0v) is 20.9. The standard InChI is InChI=1S/C30H42O3/c1-4-8-24-11-13-25(14-12-24)9-6-7-10-26-15-17-27(18-16-26)28-19-21-29(22-20-28)33-23(3)30(31)32-5-2/h15-25H,4-14H2,1-3H3/t23-,24?,25?/m1/s1. The highest BCUT2D eigenvalue weighted by Crippen LogP contribution is 2.34. The van der Waals surface area contributed by atoms with Crippen molar-refractivity contribution in [2.24, 2.45) is 11.8 Å². The van der Waals surface area contributed by atoms with Gasteiger partial charge in [0.2, 0.25) is 0 Å². The van der Waals surface area contributed by atoms with E-state index >= 15 is 0 Å². The van der Waals surface area contributed by atoms with Gasteiger partial charge in [0.1, 0.15) is 5.75 Å². The van der Waals surface area contributed by atoms with Crippen molar-refractivity contribution in [3.63, 3.8) is 0 Å². The Labute approximate surface area is 200 Å². The molecule has 1 fully saturated rings. The number of benzene rings is 2. The normalized spacial score (nSPS) is 19.1. The fourth-order valence-electron chi connectivity index (χ4n) is 5.08. The Morgan fingerprint density at radius 1 is 0.848 bits per heavy atom. The van der Waals surface area contributed by atoms with Gasteiger partial charge in [0.25, 0.3) is 0 Å². The van der Waals surface area contributed by atoms with Crippen LogP contribution in [0.2, 0.25) is 0 Å². The molecule has 3 rings (SSSR count). The van der Waals surface area contributed by atoms with Crippen molar-refractivity contribution in [3.05, 3.63) is 54.1 Å². The zero-order valence-electron chi connectivity index (χ0n) is 20.9. The van der Waals surface area contributed by atoms with E-state index in [0.717, 1.165) is 17.4 Å². The van der Waals surface area contributed by atoms with Gasteiger partial charge in [-0.2, -0.15) is 0 Å². The zero-order chi connectivity index (χ0) is 23.5. The molecule has 0 radical (unpaired) electrons. The highest BCUT2D eigenvalue weighted by atomic mass is 16.6. The molecule has 180 valence electrons. The molecule has 1 atom stereocenters. The molecule has 2 aromatic carbocycles. The minimum Gasteiger partial charge on any atom is -0.479 e. The van der Waals surface area contributed by atoms with Crippen LogP contribution in [-0.4, -0.2) is 18.7 Å². The monoisotopic (exact) mass is 450 g/mol. The van der Waals surface area contributed by atoms with Gasteiger partial charge in [0.05, 0.1) is 6.61 Å². The largest absolute Gasteiger partial charge is 0.479 e. The van der Waals surface area contributed by atoms with Crippen molar-refractivity contribution in [3.8, 4) is 16.9 Å². The lowest BCUT2D eigenvalue weighted by Gasteiger charge is -2.28. The van der Waals surface area contributed by atoms with Crippen LogP contribution in [0.3, 0.4) is 0 Å². The maximum absolute atomic E-state index is 11.7. The number of unbranched alkanes of at least 4 members (excludes halogenated alkanes) is 1. The molecule has 0 aliphatic heterocycles. The van der Waals surface area contributed by atoms with Crippen molar-refractivity contribution < 1.29 is 14.3 Å². The van der Waals surface area contributed by atoms with E-state index in [4.69, 9.17) is 9.47 Å². The summed E-state index contributed by atoms with van der Waals surface area (Å²) >= 11 is 0. The van der Waals surface area contributed by atoms with Gasteiger partial charge in [-0.1, -0.05) is 94.7 Å². The van der Waals surface area contributed by atoms with Gasteiger partial charge in [0, 0.05) is 0 Å². The summed E-state index contributed by atoms with van der Waals surface area (Å²) in [6.07, 6.45) is 13.3. The van der Waals surface area contributed by atoms with Crippen molar-refractivity contribution in [2.45, 2.75) is 91.1 Å².